The third-order valence-corrected chi connectivity index (χ3v) is 5.21. The molecule has 2 atom stereocenters. The number of allylic oxidation sites excluding steroid dienone is 1. The number of amides is 2. The molecule has 0 bridgehead atoms. The van der Waals surface area contributed by atoms with Gasteiger partial charge in [-0.05, 0) is 49.2 Å². The third-order valence-electron chi connectivity index (χ3n) is 5.21. The summed E-state index contributed by atoms with van der Waals surface area (Å²) in [5, 5.41) is 30.1. The number of ether oxygens (including phenoxy) is 3. The van der Waals surface area contributed by atoms with E-state index in [0.29, 0.717) is 34.9 Å². The molecule has 2 aromatic carbocycles. The maximum atomic E-state index is 12.3. The molecule has 0 saturated carbocycles. The molecule has 0 aromatic heterocycles. The quantitative estimate of drug-likeness (QED) is 0.115. The van der Waals surface area contributed by atoms with Crippen LogP contribution in [0.25, 0.3) is 0 Å². The zero-order valence-corrected chi connectivity index (χ0v) is 20.4. The van der Waals surface area contributed by atoms with Gasteiger partial charge < -0.3 is 30.0 Å². The average Bonchev–Trinajstić information content (AvgIpc) is 2.87. The van der Waals surface area contributed by atoms with Gasteiger partial charge in [-0.3, -0.25) is 15.5 Å². The molecule has 0 radical (unpaired) electrons. The van der Waals surface area contributed by atoms with Crippen molar-refractivity contribution >= 4 is 23.9 Å². The highest BCUT2D eigenvalue weighted by atomic mass is 16.6. The number of nitro groups is 1. The van der Waals surface area contributed by atoms with Crippen LogP contribution in [-0.4, -0.2) is 54.8 Å². The number of aliphatic hydroxyl groups excluding tert-OH is 1. The van der Waals surface area contributed by atoms with Crippen LogP contribution in [0.3, 0.4) is 0 Å². The number of nitro benzene ring substituents is 1. The number of rotatable bonds is 11. The van der Waals surface area contributed by atoms with E-state index in [4.69, 9.17) is 14.2 Å². The highest BCUT2D eigenvalue weighted by molar-refractivity contribution is 5.95. The van der Waals surface area contributed by atoms with E-state index in [9.17, 15) is 24.8 Å². The number of nitrogens with zero attached hydrogens (tertiary/aromatic N) is 2. The lowest BCUT2D eigenvalue weighted by Gasteiger charge is -2.28. The fourth-order valence-electron chi connectivity index (χ4n) is 3.50. The van der Waals surface area contributed by atoms with Crippen molar-refractivity contribution in [3.63, 3.8) is 0 Å². The number of urea groups is 1. The van der Waals surface area contributed by atoms with Gasteiger partial charge in [-0.15, -0.1) is 0 Å². The Labute approximate surface area is 212 Å². The second-order valence-electron chi connectivity index (χ2n) is 7.76. The van der Waals surface area contributed by atoms with E-state index in [2.05, 4.69) is 21.2 Å². The monoisotopic (exact) mass is 513 g/mol. The topological polar surface area (TPSA) is 174 Å². The van der Waals surface area contributed by atoms with Crippen molar-refractivity contribution in [2.45, 2.75) is 26.1 Å². The minimum Gasteiger partial charge on any atom is -0.490 e. The summed E-state index contributed by atoms with van der Waals surface area (Å²) in [5.41, 5.74) is 4.26. The Kier molecular flexibility index (Phi) is 9.00. The number of carbonyl (C=O) groups is 2. The van der Waals surface area contributed by atoms with Gasteiger partial charge in [-0.2, -0.15) is 5.10 Å². The van der Waals surface area contributed by atoms with Gasteiger partial charge in [-0.1, -0.05) is 6.07 Å². The third kappa shape index (κ3) is 6.95. The highest BCUT2D eigenvalue weighted by Gasteiger charge is 2.32. The van der Waals surface area contributed by atoms with Gasteiger partial charge in [0.05, 0.1) is 36.5 Å². The average molecular weight is 514 g/mol. The van der Waals surface area contributed by atoms with Crippen LogP contribution in [0.4, 0.5) is 10.5 Å². The number of benzene rings is 2. The molecule has 0 unspecified atom stereocenters. The minimum atomic E-state index is -1.18. The Morgan fingerprint density at radius 3 is 2.62 bits per heavy atom. The van der Waals surface area contributed by atoms with Crippen molar-refractivity contribution in [1.29, 1.82) is 0 Å². The van der Waals surface area contributed by atoms with Crippen molar-refractivity contribution in [2.24, 2.45) is 5.10 Å². The highest BCUT2D eigenvalue weighted by Crippen LogP contribution is 2.34. The predicted molar refractivity (Wildman–Crippen MR) is 132 cm³/mol. The summed E-state index contributed by atoms with van der Waals surface area (Å²) in [6.45, 7) is 3.53. The van der Waals surface area contributed by atoms with Gasteiger partial charge in [0.25, 0.3) is 5.69 Å². The zero-order valence-electron chi connectivity index (χ0n) is 20.4. The van der Waals surface area contributed by atoms with E-state index >= 15 is 0 Å². The number of esters is 1. The van der Waals surface area contributed by atoms with E-state index in [1.165, 1.54) is 37.6 Å². The maximum absolute atomic E-state index is 12.3. The van der Waals surface area contributed by atoms with Crippen molar-refractivity contribution < 1.29 is 33.8 Å². The molecule has 37 heavy (non-hydrogen) atoms. The fourth-order valence-corrected chi connectivity index (χ4v) is 3.50. The molecule has 0 fully saturated rings. The smallest absolute Gasteiger partial charge is 0.337 e. The standard InChI is InChI=1S/C24H27N5O8/c1-4-36-19-11-16(22-21(23(31)35-3)14(2)26-24(32)27-22)7-10-18(19)37-13-20(30)28-25-12-15-5-8-17(9-6-15)29(33)34/h5-12,20,22,28,30H,4,13H2,1-3H3,(H2,26,27,32)/b25-12-/t20-,22-/m0/s1. The molecule has 13 nitrogen and oxygen atoms in total. The Morgan fingerprint density at radius 1 is 1.24 bits per heavy atom. The van der Waals surface area contributed by atoms with Crippen LogP contribution >= 0.6 is 0 Å². The zero-order chi connectivity index (χ0) is 26.9. The summed E-state index contributed by atoms with van der Waals surface area (Å²) < 4.78 is 16.2. The lowest BCUT2D eigenvalue weighted by atomic mass is 9.95. The molecular weight excluding hydrogens is 486 g/mol. The Bertz CT molecular complexity index is 1210. The van der Waals surface area contributed by atoms with Gasteiger partial charge in [0.1, 0.15) is 6.61 Å². The lowest BCUT2D eigenvalue weighted by Crippen LogP contribution is -2.45. The number of aliphatic hydroxyl groups is 1. The Morgan fingerprint density at radius 2 is 1.97 bits per heavy atom. The summed E-state index contributed by atoms with van der Waals surface area (Å²) in [4.78, 5) is 34.6. The van der Waals surface area contributed by atoms with Crippen LogP contribution in [0, 0.1) is 10.1 Å². The molecule has 3 rings (SSSR count). The first-order valence-corrected chi connectivity index (χ1v) is 11.2. The molecule has 1 aliphatic heterocycles. The molecule has 2 amide bonds. The summed E-state index contributed by atoms with van der Waals surface area (Å²) >= 11 is 0. The number of methoxy groups -OCH3 is 1. The van der Waals surface area contributed by atoms with E-state index in [1.54, 1.807) is 32.0 Å². The molecule has 0 aliphatic carbocycles. The first kappa shape index (κ1) is 26.9. The number of hydrogen-bond donors (Lipinski definition) is 4. The van der Waals surface area contributed by atoms with Crippen molar-refractivity contribution in [3.05, 3.63) is 75.0 Å². The Balaban J connectivity index is 1.68. The van der Waals surface area contributed by atoms with E-state index < -0.39 is 29.2 Å². The van der Waals surface area contributed by atoms with E-state index in [-0.39, 0.29) is 17.9 Å². The largest absolute Gasteiger partial charge is 0.490 e. The van der Waals surface area contributed by atoms with Crippen LogP contribution in [0.5, 0.6) is 11.5 Å². The molecule has 4 N–H and O–H groups in total. The summed E-state index contributed by atoms with van der Waals surface area (Å²) in [7, 11) is 1.26. The molecular formula is C24H27N5O8. The number of nitrogens with one attached hydrogen (secondary N) is 3. The van der Waals surface area contributed by atoms with Gasteiger partial charge in [-0.25, -0.2) is 9.59 Å². The maximum Gasteiger partial charge on any atom is 0.337 e. The van der Waals surface area contributed by atoms with Crippen molar-refractivity contribution in [1.82, 2.24) is 16.1 Å². The fraction of sp³-hybridized carbons (Fsp3) is 0.292. The van der Waals surface area contributed by atoms with Crippen LogP contribution in [0.2, 0.25) is 0 Å². The number of hydrazone groups is 1. The van der Waals surface area contributed by atoms with Gasteiger partial charge in [0.15, 0.2) is 17.7 Å². The van der Waals surface area contributed by atoms with E-state index in [0.717, 1.165) is 0 Å². The molecule has 1 heterocycles. The summed E-state index contributed by atoms with van der Waals surface area (Å²) in [6.07, 6.45) is 0.221. The van der Waals surface area contributed by atoms with Crippen molar-refractivity contribution in [3.8, 4) is 11.5 Å². The molecule has 1 aliphatic rings. The second-order valence-corrected chi connectivity index (χ2v) is 7.76. The predicted octanol–water partition coefficient (Wildman–Crippen LogP) is 2.12. The minimum absolute atomic E-state index is 0.0372. The summed E-state index contributed by atoms with van der Waals surface area (Å²) in [6, 6.07) is 9.41. The second kappa shape index (κ2) is 12.4. The lowest BCUT2D eigenvalue weighted by molar-refractivity contribution is -0.384. The summed E-state index contributed by atoms with van der Waals surface area (Å²) in [5.74, 6) is 0.0828. The van der Waals surface area contributed by atoms with Crippen molar-refractivity contribution in [2.75, 3.05) is 20.3 Å². The molecule has 0 saturated heterocycles. The van der Waals surface area contributed by atoms with Gasteiger partial charge >= 0.3 is 12.0 Å². The van der Waals surface area contributed by atoms with Gasteiger partial charge in [0.2, 0.25) is 0 Å². The molecule has 0 spiro atoms. The SMILES string of the molecule is CCOc1cc([C@@H]2NC(=O)NC(C)=C2C(=O)OC)ccc1OC[C@H](O)N/N=C\c1ccc([N+](=O)[O-])cc1. The molecule has 196 valence electrons. The van der Waals surface area contributed by atoms with Gasteiger partial charge in [0, 0.05) is 17.8 Å². The van der Waals surface area contributed by atoms with Crippen LogP contribution in [-0.2, 0) is 9.53 Å². The molecule has 2 aromatic rings. The van der Waals surface area contributed by atoms with Crippen LogP contribution < -0.4 is 25.5 Å². The normalized spacial score (nSPS) is 16.0. The number of hydrogen-bond acceptors (Lipinski definition) is 10. The van der Waals surface area contributed by atoms with E-state index in [1.807, 2.05) is 0 Å². The number of non-ortho nitro benzene ring substituents is 1. The first-order valence-electron chi connectivity index (χ1n) is 11.2. The first-order chi connectivity index (χ1) is 17.7. The Hall–Kier alpha value is -4.65. The van der Waals surface area contributed by atoms with Crippen LogP contribution in [0.1, 0.15) is 31.0 Å². The van der Waals surface area contributed by atoms with Crippen LogP contribution in [0.15, 0.2) is 58.8 Å². The number of carbonyl (C=O) groups excluding carboxylic acids is 2. The molecule has 13 heteroatoms.